The molecule has 1 fully saturated rings. The molecule has 4 heteroatoms. The van der Waals surface area contributed by atoms with Crippen molar-refractivity contribution in [2.45, 2.75) is 52.5 Å². The van der Waals surface area contributed by atoms with Gasteiger partial charge in [-0.25, -0.2) is 0 Å². The van der Waals surface area contributed by atoms with Crippen LogP contribution in [0.25, 0.3) is 17.2 Å². The molecular weight excluding hydrogens is 464 g/mol. The molecule has 3 nitrogen and oxygen atoms in total. The molecule has 0 atom stereocenters. The minimum Gasteiger partial charge on any atom is -1.00 e. The highest BCUT2D eigenvalue weighted by Crippen LogP contribution is 2.30. The summed E-state index contributed by atoms with van der Waals surface area (Å²) in [4.78, 5) is 13.1. The van der Waals surface area contributed by atoms with Gasteiger partial charge >= 0.3 is 0 Å². The van der Waals surface area contributed by atoms with Gasteiger partial charge in [0.25, 0.3) is 5.91 Å². The van der Waals surface area contributed by atoms with Crippen LogP contribution in [0.3, 0.4) is 0 Å². The summed E-state index contributed by atoms with van der Waals surface area (Å²) >= 11 is 0. The highest BCUT2D eigenvalue weighted by molar-refractivity contribution is 6.07. The van der Waals surface area contributed by atoms with Gasteiger partial charge in [-0.1, -0.05) is 54.1 Å². The van der Waals surface area contributed by atoms with Crippen molar-refractivity contribution in [2.24, 2.45) is 0 Å². The lowest BCUT2D eigenvalue weighted by atomic mass is 9.89. The molecule has 1 heterocycles. The summed E-state index contributed by atoms with van der Waals surface area (Å²) in [6, 6.07) is 23.8. The minimum atomic E-state index is 0. The third-order valence-electron chi connectivity index (χ3n) is 7.98. The van der Waals surface area contributed by atoms with E-state index in [1.54, 1.807) is 0 Å². The third-order valence-corrected chi connectivity index (χ3v) is 7.98. The Morgan fingerprint density at radius 2 is 1.56 bits per heavy atom. The first-order chi connectivity index (χ1) is 17.0. The highest BCUT2D eigenvalue weighted by atomic mass is 35.5. The Bertz CT molecular complexity index is 1220. The molecule has 0 aromatic heterocycles. The van der Waals surface area contributed by atoms with Crippen LogP contribution in [-0.2, 0) is 17.8 Å². The van der Waals surface area contributed by atoms with Crippen molar-refractivity contribution in [1.82, 2.24) is 0 Å². The van der Waals surface area contributed by atoms with Crippen molar-refractivity contribution >= 4 is 17.7 Å². The number of nitrogens with zero attached hydrogens (tertiary/aromatic N) is 1. The zero-order chi connectivity index (χ0) is 24.3. The average molecular weight is 501 g/mol. The van der Waals surface area contributed by atoms with Crippen molar-refractivity contribution in [3.8, 4) is 11.1 Å². The van der Waals surface area contributed by atoms with Gasteiger partial charge in [-0.15, -0.1) is 0 Å². The number of amides is 1. The first-order valence-electron chi connectivity index (χ1n) is 13.2. The second kappa shape index (κ2) is 11.5. The molecule has 1 aliphatic carbocycles. The molecule has 3 aromatic carbocycles. The maximum absolute atomic E-state index is 13.1. The summed E-state index contributed by atoms with van der Waals surface area (Å²) in [7, 11) is 0. The minimum absolute atomic E-state index is 0. The van der Waals surface area contributed by atoms with Crippen LogP contribution in [0.2, 0.25) is 0 Å². The quantitative estimate of drug-likeness (QED) is 0.506. The van der Waals surface area contributed by atoms with Crippen molar-refractivity contribution < 1.29 is 21.7 Å². The maximum atomic E-state index is 13.1. The number of piperidine rings is 1. The Kier molecular flexibility index (Phi) is 8.33. The van der Waals surface area contributed by atoms with E-state index in [0.29, 0.717) is 0 Å². The van der Waals surface area contributed by atoms with E-state index in [1.807, 2.05) is 0 Å². The fourth-order valence-corrected chi connectivity index (χ4v) is 5.65. The zero-order valence-corrected chi connectivity index (χ0v) is 22.3. The monoisotopic (exact) mass is 500 g/mol. The van der Waals surface area contributed by atoms with Crippen molar-refractivity contribution in [3.05, 3.63) is 94.6 Å². The molecule has 1 saturated heterocycles. The molecule has 1 N–H and O–H groups in total. The number of anilines is 1. The number of halogens is 1. The summed E-state index contributed by atoms with van der Waals surface area (Å²) < 4.78 is 1.20. The molecule has 5 rings (SSSR count). The second-order valence-electron chi connectivity index (χ2n) is 10.4. The van der Waals surface area contributed by atoms with Gasteiger partial charge in [0.15, 0.2) is 0 Å². The number of nitrogens with one attached hydrogen (secondary N) is 1. The van der Waals surface area contributed by atoms with E-state index in [4.69, 9.17) is 0 Å². The summed E-state index contributed by atoms with van der Waals surface area (Å²) in [5.41, 5.74) is 9.22. The molecule has 2 aliphatic rings. The number of hydrogen-bond donors (Lipinski definition) is 1. The predicted molar refractivity (Wildman–Crippen MR) is 146 cm³/mol. The largest absolute Gasteiger partial charge is 1.00 e. The Morgan fingerprint density at radius 3 is 2.25 bits per heavy atom. The Hall–Kier alpha value is -2.88. The van der Waals surface area contributed by atoms with Gasteiger partial charge in [0.1, 0.15) is 6.54 Å². The topological polar surface area (TPSA) is 29.1 Å². The number of fused-ring (bicyclic) bond motifs is 1. The van der Waals surface area contributed by atoms with Gasteiger partial charge in [0.05, 0.1) is 19.6 Å². The number of aryl methyl sites for hydroxylation is 2. The summed E-state index contributed by atoms with van der Waals surface area (Å²) in [6.07, 6.45) is 7.81. The summed E-state index contributed by atoms with van der Waals surface area (Å²) in [6.45, 7) is 9.29. The van der Waals surface area contributed by atoms with Crippen LogP contribution < -0.4 is 17.7 Å². The Balaban J connectivity index is 0.00000304. The van der Waals surface area contributed by atoms with Crippen LogP contribution >= 0.6 is 0 Å². The van der Waals surface area contributed by atoms with Crippen molar-refractivity contribution in [3.63, 3.8) is 0 Å². The van der Waals surface area contributed by atoms with E-state index in [1.165, 1.54) is 71.2 Å². The number of rotatable bonds is 6. The zero-order valence-electron chi connectivity index (χ0n) is 21.5. The molecule has 0 radical (unpaired) electrons. The van der Waals surface area contributed by atoms with Gasteiger partial charge in [-0.3, -0.25) is 4.79 Å². The Labute approximate surface area is 222 Å². The predicted octanol–water partition coefficient (Wildman–Crippen LogP) is 4.15. The fourth-order valence-electron chi connectivity index (χ4n) is 5.65. The summed E-state index contributed by atoms with van der Waals surface area (Å²) in [5, 5.41) is 3.14. The first-order valence-corrected chi connectivity index (χ1v) is 13.2. The number of carbonyl (C=O) groups is 1. The van der Waals surface area contributed by atoms with Crippen molar-refractivity contribution in [1.29, 1.82) is 0 Å². The molecule has 0 unspecified atom stereocenters. The number of hydrogen-bond acceptors (Lipinski definition) is 1. The number of quaternary nitrogens is 1. The third kappa shape index (κ3) is 5.91. The first kappa shape index (κ1) is 26.2. The molecule has 0 bridgehead atoms. The van der Waals surface area contributed by atoms with Gasteiger partial charge in [-0.05, 0) is 92.5 Å². The molecular formula is C32H37ClN2O. The van der Waals surface area contributed by atoms with Crippen molar-refractivity contribution in [2.75, 3.05) is 25.0 Å². The summed E-state index contributed by atoms with van der Waals surface area (Å²) in [5.74, 6) is 0.0113. The second-order valence-corrected chi connectivity index (χ2v) is 10.4. The molecule has 1 amide bonds. The fraction of sp³-hybridized carbons (Fsp3) is 0.344. The van der Waals surface area contributed by atoms with Gasteiger partial charge in [0.2, 0.25) is 0 Å². The number of likely N-dealkylation sites (tertiary alicyclic amines) is 1. The number of carbonyl (C=O) groups excluding carboxylic acids is 1. The van der Waals surface area contributed by atoms with Crippen LogP contribution in [-0.4, -0.2) is 30.0 Å². The maximum Gasteiger partial charge on any atom is 0.251 e. The van der Waals surface area contributed by atoms with Gasteiger partial charge in [-0.2, -0.15) is 0 Å². The highest BCUT2D eigenvalue weighted by Gasteiger charge is 2.28. The normalized spacial score (nSPS) is 16.3. The van der Waals surface area contributed by atoms with Crippen LogP contribution in [0, 0.1) is 6.92 Å². The van der Waals surface area contributed by atoms with E-state index in [0.717, 1.165) is 36.2 Å². The van der Waals surface area contributed by atoms with Crippen LogP contribution in [0.5, 0.6) is 0 Å². The van der Waals surface area contributed by atoms with E-state index in [-0.39, 0.29) is 18.3 Å². The Morgan fingerprint density at radius 1 is 0.861 bits per heavy atom. The van der Waals surface area contributed by atoms with E-state index in [9.17, 15) is 4.79 Å². The molecule has 0 spiro atoms. The van der Waals surface area contributed by atoms with E-state index >= 15 is 0 Å². The lowest BCUT2D eigenvalue weighted by molar-refractivity contribution is -0.943. The van der Waals surface area contributed by atoms with Gasteiger partial charge < -0.3 is 22.2 Å². The smallest absolute Gasteiger partial charge is 0.251 e. The standard InChI is InChI=1S/C32H36N2O.ClH/c1-3-34(19-5-4-6-20-34)23-25-9-17-31(18-10-25)33-32(35)29-16-14-27-13-15-28(21-30(27)22-29)26-11-7-24(2)8-12-26;/h7-13,15,17-18,21-22H,3-6,14,16,19-20,23H2,1-2H3;1H. The van der Waals surface area contributed by atoms with Crippen LogP contribution in [0.15, 0.2) is 72.3 Å². The van der Waals surface area contributed by atoms with Crippen LogP contribution in [0.1, 0.15) is 54.9 Å². The molecule has 36 heavy (non-hydrogen) atoms. The van der Waals surface area contributed by atoms with Crippen LogP contribution in [0.4, 0.5) is 5.69 Å². The van der Waals surface area contributed by atoms with E-state index in [2.05, 4.69) is 92.0 Å². The molecule has 1 aliphatic heterocycles. The average Bonchev–Trinajstić information content (AvgIpc) is 2.90. The molecule has 3 aromatic rings. The van der Waals surface area contributed by atoms with E-state index < -0.39 is 0 Å². The number of benzene rings is 3. The molecule has 188 valence electrons. The molecule has 0 saturated carbocycles. The lowest BCUT2D eigenvalue weighted by Gasteiger charge is -2.41. The SMILES string of the molecule is CC[N+]1(Cc2ccc(NC(=O)C3=Cc4cc(-c5ccc(C)cc5)ccc4CC3)cc2)CCCCC1.[Cl-]. The van der Waals surface area contributed by atoms with Gasteiger partial charge in [0, 0.05) is 16.8 Å². The lowest BCUT2D eigenvalue weighted by Crippen LogP contribution is -3.00.